The summed E-state index contributed by atoms with van der Waals surface area (Å²) in [6, 6.07) is 13.2. The molecule has 3 heterocycles. The van der Waals surface area contributed by atoms with E-state index in [-0.39, 0.29) is 11.2 Å². The predicted molar refractivity (Wildman–Crippen MR) is 109 cm³/mol. The molecule has 0 atom stereocenters. The Balaban J connectivity index is 1.57. The fourth-order valence-electron chi connectivity index (χ4n) is 3.13. The number of imidazole rings is 1. The molecule has 0 fully saturated rings. The number of benzene rings is 1. The van der Waals surface area contributed by atoms with Crippen molar-refractivity contribution < 1.29 is 4.79 Å². The van der Waals surface area contributed by atoms with E-state index < -0.39 is 23.7 Å². The Kier molecular flexibility index (Phi) is 4.55. The first-order chi connectivity index (χ1) is 14.0. The first-order valence-corrected chi connectivity index (χ1v) is 8.88. The van der Waals surface area contributed by atoms with Crippen LogP contribution in [0, 0.1) is 0 Å². The molecule has 9 nitrogen and oxygen atoms in total. The summed E-state index contributed by atoms with van der Waals surface area (Å²) in [5.41, 5.74) is 1.28. The lowest BCUT2D eigenvalue weighted by Crippen LogP contribution is -2.42. The number of amides is 1. The molecule has 4 rings (SSSR count). The van der Waals surface area contributed by atoms with E-state index in [0.29, 0.717) is 5.82 Å². The molecule has 29 heavy (non-hydrogen) atoms. The number of hydrogen-bond acceptors (Lipinski definition) is 5. The minimum Gasteiger partial charge on any atom is -0.328 e. The van der Waals surface area contributed by atoms with Gasteiger partial charge in [-0.15, -0.1) is 0 Å². The highest BCUT2D eigenvalue weighted by Gasteiger charge is 2.17. The number of carbonyl (C=O) groups excluding carboxylic acids is 1. The molecule has 0 spiro atoms. The molecule has 1 amide bonds. The van der Waals surface area contributed by atoms with Gasteiger partial charge in [-0.1, -0.05) is 30.3 Å². The van der Waals surface area contributed by atoms with Crippen LogP contribution >= 0.6 is 0 Å². The van der Waals surface area contributed by atoms with Crippen molar-refractivity contribution in [2.75, 3.05) is 5.32 Å². The Morgan fingerprint density at radius 1 is 1.00 bits per heavy atom. The van der Waals surface area contributed by atoms with Crippen molar-refractivity contribution in [2.45, 2.75) is 6.54 Å². The van der Waals surface area contributed by atoms with E-state index in [4.69, 9.17) is 0 Å². The molecule has 0 aliphatic carbocycles. The molecule has 0 aliphatic rings. The number of hydrogen-bond donors (Lipinski definition) is 1. The minimum atomic E-state index is -0.608. The van der Waals surface area contributed by atoms with Crippen molar-refractivity contribution in [3.63, 3.8) is 0 Å². The van der Waals surface area contributed by atoms with E-state index in [2.05, 4.69) is 15.3 Å². The van der Waals surface area contributed by atoms with Crippen LogP contribution < -0.4 is 16.6 Å². The van der Waals surface area contributed by atoms with Gasteiger partial charge in [0.05, 0.1) is 6.33 Å². The van der Waals surface area contributed by atoms with E-state index in [9.17, 15) is 14.4 Å². The van der Waals surface area contributed by atoms with Crippen molar-refractivity contribution in [1.82, 2.24) is 23.7 Å². The van der Waals surface area contributed by atoms with Crippen LogP contribution in [0.3, 0.4) is 0 Å². The van der Waals surface area contributed by atoms with Crippen LogP contribution in [0.25, 0.3) is 22.3 Å². The molecule has 0 radical (unpaired) electrons. The van der Waals surface area contributed by atoms with Crippen molar-refractivity contribution in [3.8, 4) is 11.1 Å². The van der Waals surface area contributed by atoms with Gasteiger partial charge in [-0.2, -0.15) is 0 Å². The summed E-state index contributed by atoms with van der Waals surface area (Å²) in [7, 11) is 3.17. The van der Waals surface area contributed by atoms with Crippen LogP contribution in [0.4, 0.5) is 5.82 Å². The molecule has 0 bridgehead atoms. The zero-order valence-corrected chi connectivity index (χ0v) is 15.9. The monoisotopic (exact) mass is 390 g/mol. The van der Waals surface area contributed by atoms with Crippen LogP contribution in [0.2, 0.25) is 0 Å². The van der Waals surface area contributed by atoms with E-state index in [0.717, 1.165) is 15.7 Å². The van der Waals surface area contributed by atoms with Gasteiger partial charge in [-0.25, -0.2) is 19.3 Å². The van der Waals surface area contributed by atoms with Crippen molar-refractivity contribution in [2.24, 2.45) is 14.1 Å². The number of anilines is 1. The number of carbonyl (C=O) groups is 1. The van der Waals surface area contributed by atoms with Gasteiger partial charge < -0.3 is 9.88 Å². The number of rotatable bonds is 4. The molecule has 1 N–H and O–H groups in total. The molecule has 0 saturated heterocycles. The number of nitrogens with zero attached hydrogens (tertiary/aromatic N) is 5. The van der Waals surface area contributed by atoms with E-state index in [1.807, 2.05) is 36.4 Å². The summed E-state index contributed by atoms with van der Waals surface area (Å²) < 4.78 is 3.66. The Morgan fingerprint density at radius 3 is 2.45 bits per heavy atom. The maximum atomic E-state index is 12.7. The average Bonchev–Trinajstić information content (AvgIpc) is 3.12. The van der Waals surface area contributed by atoms with Crippen LogP contribution in [0.5, 0.6) is 0 Å². The van der Waals surface area contributed by atoms with Crippen LogP contribution in [-0.4, -0.2) is 29.6 Å². The molecule has 4 aromatic rings. The van der Waals surface area contributed by atoms with Crippen LogP contribution in [0.1, 0.15) is 0 Å². The van der Waals surface area contributed by atoms with Gasteiger partial charge in [-0.05, 0) is 17.7 Å². The third-order valence-corrected chi connectivity index (χ3v) is 4.64. The lowest BCUT2D eigenvalue weighted by molar-refractivity contribution is -0.116. The zero-order chi connectivity index (χ0) is 20.5. The second kappa shape index (κ2) is 7.19. The van der Waals surface area contributed by atoms with E-state index in [1.165, 1.54) is 22.5 Å². The molecular formula is C20H18N6O3. The Labute approximate surface area is 164 Å². The highest BCUT2D eigenvalue weighted by atomic mass is 16.2. The van der Waals surface area contributed by atoms with Crippen molar-refractivity contribution >= 4 is 22.9 Å². The predicted octanol–water partition coefficient (Wildman–Crippen LogP) is 1.13. The number of pyridine rings is 1. The Morgan fingerprint density at radius 2 is 1.76 bits per heavy atom. The zero-order valence-electron chi connectivity index (χ0n) is 15.9. The van der Waals surface area contributed by atoms with Gasteiger partial charge in [0.1, 0.15) is 12.4 Å². The number of aromatic nitrogens is 5. The highest BCUT2D eigenvalue weighted by Crippen LogP contribution is 2.18. The average molecular weight is 390 g/mol. The standard InChI is InChI=1S/C20H18N6O3/c1-24-12-22-18-17(24)19(28)26(20(29)25(18)2)11-16(27)23-15-9-8-14(10-21-15)13-6-4-3-5-7-13/h3-10,12H,11H2,1-2H3,(H,21,23,27). The maximum Gasteiger partial charge on any atom is 0.332 e. The molecule has 0 unspecified atom stereocenters. The fraction of sp³-hybridized carbons (Fsp3) is 0.150. The summed E-state index contributed by atoms with van der Waals surface area (Å²) in [6.45, 7) is -0.422. The number of fused-ring (bicyclic) bond motifs is 1. The summed E-state index contributed by atoms with van der Waals surface area (Å²) >= 11 is 0. The maximum absolute atomic E-state index is 12.7. The largest absolute Gasteiger partial charge is 0.332 e. The summed E-state index contributed by atoms with van der Waals surface area (Å²) in [5.74, 6) is -0.188. The lowest BCUT2D eigenvalue weighted by atomic mass is 10.1. The van der Waals surface area contributed by atoms with Crippen molar-refractivity contribution in [1.29, 1.82) is 0 Å². The fourth-order valence-corrected chi connectivity index (χ4v) is 3.13. The van der Waals surface area contributed by atoms with E-state index in [1.54, 1.807) is 19.3 Å². The van der Waals surface area contributed by atoms with E-state index >= 15 is 0 Å². The highest BCUT2D eigenvalue weighted by molar-refractivity contribution is 5.89. The summed E-state index contributed by atoms with van der Waals surface area (Å²) in [4.78, 5) is 45.9. The first-order valence-electron chi connectivity index (χ1n) is 8.88. The van der Waals surface area contributed by atoms with Gasteiger partial charge in [-0.3, -0.25) is 14.2 Å². The lowest BCUT2D eigenvalue weighted by Gasteiger charge is -2.09. The first kappa shape index (κ1) is 18.4. The third-order valence-electron chi connectivity index (χ3n) is 4.64. The van der Waals surface area contributed by atoms with Crippen LogP contribution in [0.15, 0.2) is 64.6 Å². The quantitative estimate of drug-likeness (QED) is 0.563. The SMILES string of the molecule is Cn1cnc2c1c(=O)n(CC(=O)Nc1ccc(-c3ccccc3)cn1)c(=O)n2C. The van der Waals surface area contributed by atoms with Gasteiger partial charge in [0.2, 0.25) is 5.91 Å². The third kappa shape index (κ3) is 3.33. The second-order valence-corrected chi connectivity index (χ2v) is 6.61. The van der Waals surface area contributed by atoms with Gasteiger partial charge >= 0.3 is 5.69 Å². The molecule has 1 aromatic carbocycles. The Hall–Kier alpha value is -4.01. The Bertz CT molecular complexity index is 1320. The topological polar surface area (TPSA) is 104 Å². The normalized spacial score (nSPS) is 11.0. The van der Waals surface area contributed by atoms with Gasteiger partial charge in [0.25, 0.3) is 5.56 Å². The molecule has 146 valence electrons. The second-order valence-electron chi connectivity index (χ2n) is 6.61. The van der Waals surface area contributed by atoms with Crippen LogP contribution in [-0.2, 0) is 25.4 Å². The molecule has 0 saturated carbocycles. The molecule has 0 aliphatic heterocycles. The number of aryl methyl sites for hydroxylation is 2. The summed E-state index contributed by atoms with van der Waals surface area (Å²) in [6.07, 6.45) is 3.10. The molecular weight excluding hydrogens is 372 g/mol. The molecule has 9 heteroatoms. The smallest absolute Gasteiger partial charge is 0.328 e. The van der Waals surface area contributed by atoms with Gasteiger partial charge in [0, 0.05) is 25.9 Å². The minimum absolute atomic E-state index is 0.255. The van der Waals surface area contributed by atoms with Crippen molar-refractivity contribution in [3.05, 3.63) is 75.8 Å². The molecule has 3 aromatic heterocycles. The number of nitrogens with one attached hydrogen (secondary N) is 1. The van der Waals surface area contributed by atoms with Gasteiger partial charge in [0.15, 0.2) is 11.2 Å². The summed E-state index contributed by atoms with van der Waals surface area (Å²) in [5, 5.41) is 2.62.